The number of hydrogen-bond donors (Lipinski definition) is 2. The van der Waals surface area contributed by atoms with E-state index in [1.54, 1.807) is 31.2 Å². The lowest BCUT2D eigenvalue weighted by atomic mass is 10.3. The first-order valence-electron chi connectivity index (χ1n) is 8.24. The minimum absolute atomic E-state index is 0.0465. The predicted octanol–water partition coefficient (Wildman–Crippen LogP) is 0.127. The van der Waals surface area contributed by atoms with Crippen molar-refractivity contribution >= 4 is 11.9 Å². The molecule has 0 unspecified atom stereocenters. The van der Waals surface area contributed by atoms with Crippen LogP contribution in [0.2, 0.25) is 0 Å². The Labute approximate surface area is 147 Å². The summed E-state index contributed by atoms with van der Waals surface area (Å²) in [6.45, 7) is 2.25. The summed E-state index contributed by atoms with van der Waals surface area (Å²) >= 11 is 0. The first kappa shape index (κ1) is 18.5. The molecule has 2 heterocycles. The van der Waals surface area contributed by atoms with Gasteiger partial charge in [-0.2, -0.15) is 0 Å². The molecule has 2 aromatic rings. The Morgan fingerprint density at radius 2 is 2.20 bits per heavy atom. The van der Waals surface area contributed by atoms with Crippen molar-refractivity contribution in [3.05, 3.63) is 36.5 Å². The molecule has 0 aliphatic rings. The van der Waals surface area contributed by atoms with Crippen molar-refractivity contribution in [2.45, 2.75) is 19.4 Å². The van der Waals surface area contributed by atoms with Crippen molar-refractivity contribution in [2.75, 3.05) is 33.7 Å². The van der Waals surface area contributed by atoms with Gasteiger partial charge in [-0.25, -0.2) is 4.99 Å². The molecule has 0 aliphatic heterocycles. The highest BCUT2D eigenvalue weighted by molar-refractivity contribution is 5.84. The predicted molar refractivity (Wildman–Crippen MR) is 94.1 cm³/mol. The molecule has 0 spiro atoms. The summed E-state index contributed by atoms with van der Waals surface area (Å²) < 4.78 is 7.08. The Bertz CT molecular complexity index is 636. The topological polar surface area (TPSA) is 101 Å². The van der Waals surface area contributed by atoms with E-state index in [2.05, 4.69) is 25.9 Å². The molecular formula is C16H25N7O2. The minimum atomic E-state index is -0.0465. The smallest absolute Gasteiger partial charge is 0.243 e. The molecular weight excluding hydrogens is 322 g/mol. The third-order valence-electron chi connectivity index (χ3n) is 3.44. The third-order valence-corrected chi connectivity index (χ3v) is 3.44. The maximum Gasteiger partial charge on any atom is 0.243 e. The number of aryl methyl sites for hydroxylation is 1. The number of carbonyl (C=O) groups excluding carboxylic acids is 1. The highest BCUT2D eigenvalue weighted by atomic mass is 16.3. The first-order chi connectivity index (χ1) is 12.1. The maximum absolute atomic E-state index is 11.7. The van der Waals surface area contributed by atoms with Gasteiger partial charge in [0.05, 0.1) is 12.5 Å². The SMILES string of the molecule is CN(C)C(=O)CN=C(NCCCn1ccnn1)NCCc1ccco1. The van der Waals surface area contributed by atoms with E-state index in [-0.39, 0.29) is 12.5 Å². The van der Waals surface area contributed by atoms with Gasteiger partial charge in [0.25, 0.3) is 0 Å². The number of furan rings is 1. The van der Waals surface area contributed by atoms with Crippen molar-refractivity contribution in [2.24, 2.45) is 4.99 Å². The summed E-state index contributed by atoms with van der Waals surface area (Å²) in [6, 6.07) is 3.79. The summed E-state index contributed by atoms with van der Waals surface area (Å²) in [6.07, 6.45) is 6.75. The quantitative estimate of drug-likeness (QED) is 0.380. The molecule has 25 heavy (non-hydrogen) atoms. The summed E-state index contributed by atoms with van der Waals surface area (Å²) in [4.78, 5) is 17.6. The second-order valence-electron chi connectivity index (χ2n) is 5.66. The van der Waals surface area contributed by atoms with E-state index >= 15 is 0 Å². The van der Waals surface area contributed by atoms with Crippen LogP contribution in [0.1, 0.15) is 12.2 Å². The van der Waals surface area contributed by atoms with Crippen molar-refractivity contribution in [1.82, 2.24) is 30.5 Å². The third kappa shape index (κ3) is 7.06. The molecule has 2 N–H and O–H groups in total. The summed E-state index contributed by atoms with van der Waals surface area (Å²) in [5.41, 5.74) is 0. The Balaban J connectivity index is 1.77. The monoisotopic (exact) mass is 347 g/mol. The number of rotatable bonds is 9. The summed E-state index contributed by atoms with van der Waals surface area (Å²) in [5, 5.41) is 14.1. The van der Waals surface area contributed by atoms with Gasteiger partial charge in [-0.1, -0.05) is 5.21 Å². The van der Waals surface area contributed by atoms with Crippen LogP contribution >= 0.6 is 0 Å². The molecule has 2 rings (SSSR count). The van der Waals surface area contributed by atoms with Crippen LogP contribution in [0.5, 0.6) is 0 Å². The molecule has 9 heteroatoms. The molecule has 0 radical (unpaired) electrons. The number of hydrogen-bond acceptors (Lipinski definition) is 5. The second-order valence-corrected chi connectivity index (χ2v) is 5.66. The fourth-order valence-electron chi connectivity index (χ4n) is 2.02. The molecule has 2 aromatic heterocycles. The van der Waals surface area contributed by atoms with E-state index in [0.29, 0.717) is 19.0 Å². The highest BCUT2D eigenvalue weighted by Crippen LogP contribution is 1.99. The van der Waals surface area contributed by atoms with Gasteiger partial charge in [-0.05, 0) is 18.6 Å². The fraction of sp³-hybridized carbons (Fsp3) is 0.500. The number of nitrogens with one attached hydrogen (secondary N) is 2. The van der Waals surface area contributed by atoms with Crippen LogP contribution < -0.4 is 10.6 Å². The van der Waals surface area contributed by atoms with E-state index in [1.807, 2.05) is 18.3 Å². The lowest BCUT2D eigenvalue weighted by Crippen LogP contribution is -2.40. The van der Waals surface area contributed by atoms with E-state index < -0.39 is 0 Å². The molecule has 1 amide bonds. The lowest BCUT2D eigenvalue weighted by Gasteiger charge is -2.13. The minimum Gasteiger partial charge on any atom is -0.469 e. The van der Waals surface area contributed by atoms with Gasteiger partial charge < -0.3 is 20.0 Å². The molecule has 0 aromatic carbocycles. The Hall–Kier alpha value is -2.84. The Morgan fingerprint density at radius 1 is 1.36 bits per heavy atom. The largest absolute Gasteiger partial charge is 0.469 e. The number of aliphatic imine (C=N–C) groups is 1. The van der Waals surface area contributed by atoms with Crippen LogP contribution in [0.15, 0.2) is 40.2 Å². The molecule has 0 saturated heterocycles. The molecule has 0 fully saturated rings. The fourth-order valence-corrected chi connectivity index (χ4v) is 2.02. The van der Waals surface area contributed by atoms with Gasteiger partial charge in [0.1, 0.15) is 12.3 Å². The van der Waals surface area contributed by atoms with E-state index in [9.17, 15) is 4.79 Å². The van der Waals surface area contributed by atoms with Gasteiger partial charge in [0.15, 0.2) is 5.96 Å². The lowest BCUT2D eigenvalue weighted by molar-refractivity contribution is -0.127. The van der Waals surface area contributed by atoms with Crippen molar-refractivity contribution in [3.8, 4) is 0 Å². The van der Waals surface area contributed by atoms with Crippen molar-refractivity contribution < 1.29 is 9.21 Å². The van der Waals surface area contributed by atoms with E-state index in [1.165, 1.54) is 4.90 Å². The van der Waals surface area contributed by atoms with E-state index in [4.69, 9.17) is 4.42 Å². The zero-order valence-electron chi connectivity index (χ0n) is 14.7. The van der Waals surface area contributed by atoms with Gasteiger partial charge >= 0.3 is 0 Å². The zero-order valence-corrected chi connectivity index (χ0v) is 14.7. The first-order valence-corrected chi connectivity index (χ1v) is 8.24. The summed E-state index contributed by atoms with van der Waals surface area (Å²) in [5.74, 6) is 1.47. The average Bonchev–Trinajstić information content (AvgIpc) is 3.29. The molecule has 9 nitrogen and oxygen atoms in total. The van der Waals surface area contributed by atoms with Gasteiger partial charge in [-0.15, -0.1) is 5.10 Å². The molecule has 0 bridgehead atoms. The van der Waals surface area contributed by atoms with Crippen LogP contribution in [0, 0.1) is 0 Å². The average molecular weight is 347 g/mol. The van der Waals surface area contributed by atoms with Gasteiger partial charge in [-0.3, -0.25) is 9.48 Å². The Morgan fingerprint density at radius 3 is 2.88 bits per heavy atom. The molecule has 0 aliphatic carbocycles. The van der Waals surface area contributed by atoms with Crippen LogP contribution in [0.4, 0.5) is 0 Å². The van der Waals surface area contributed by atoms with Crippen molar-refractivity contribution in [1.29, 1.82) is 0 Å². The standard InChI is InChI=1S/C16H25N7O2/c1-22(2)15(24)13-19-16(18-8-6-14-5-3-12-25-14)17-7-4-10-23-11-9-20-21-23/h3,5,9,11-12H,4,6-8,10,13H2,1-2H3,(H2,17,18,19). The molecule has 136 valence electrons. The van der Waals surface area contributed by atoms with Crippen LogP contribution in [-0.2, 0) is 17.8 Å². The van der Waals surface area contributed by atoms with Crippen molar-refractivity contribution in [3.63, 3.8) is 0 Å². The van der Waals surface area contributed by atoms with Crippen LogP contribution in [0.25, 0.3) is 0 Å². The number of guanidine groups is 1. The van der Waals surface area contributed by atoms with Gasteiger partial charge in [0.2, 0.25) is 5.91 Å². The number of nitrogens with zero attached hydrogens (tertiary/aromatic N) is 5. The van der Waals surface area contributed by atoms with E-state index in [0.717, 1.165) is 25.1 Å². The van der Waals surface area contributed by atoms with Crippen LogP contribution in [-0.4, -0.2) is 65.5 Å². The number of likely N-dealkylation sites (N-methyl/N-ethyl adjacent to an activating group) is 1. The van der Waals surface area contributed by atoms with Gasteiger partial charge in [0, 0.05) is 46.3 Å². The zero-order chi connectivity index (χ0) is 17.9. The molecule has 0 atom stereocenters. The van der Waals surface area contributed by atoms with Crippen LogP contribution in [0.3, 0.4) is 0 Å². The number of aromatic nitrogens is 3. The molecule has 0 saturated carbocycles. The second kappa shape index (κ2) is 10.1. The Kier molecular flexibility index (Phi) is 7.48. The normalized spacial score (nSPS) is 11.4. The number of carbonyl (C=O) groups is 1. The maximum atomic E-state index is 11.7. The summed E-state index contributed by atoms with van der Waals surface area (Å²) in [7, 11) is 3.43. The number of amides is 1. The highest BCUT2D eigenvalue weighted by Gasteiger charge is 2.05.